The molecule has 1 aromatic carbocycles. The Kier molecular flexibility index (Phi) is 5.81. The zero-order valence-electron chi connectivity index (χ0n) is 16.4. The van der Waals surface area contributed by atoms with Crippen molar-refractivity contribution < 1.29 is 9.59 Å². The van der Waals surface area contributed by atoms with Crippen LogP contribution in [0.4, 0.5) is 5.00 Å². The molecule has 1 saturated carbocycles. The molecule has 4 nitrogen and oxygen atoms in total. The standard InChI is InChI=1S/C23H28N2O2S/c1-16-2-4-17(5-3-16)6-7-18-12-14-25(15-13-18)23(27)20-10-11-21(28-20)24-22(26)19-8-9-19/h2-5,10-11,18-19H,6-9,12-15H2,1H3,(H,24,26). The molecule has 0 spiro atoms. The van der Waals surface area contributed by atoms with Crippen LogP contribution in [-0.4, -0.2) is 29.8 Å². The molecule has 2 aliphatic rings. The normalized spacial score (nSPS) is 17.5. The van der Waals surface area contributed by atoms with E-state index in [9.17, 15) is 9.59 Å². The predicted molar refractivity (Wildman–Crippen MR) is 114 cm³/mol. The molecule has 28 heavy (non-hydrogen) atoms. The van der Waals surface area contributed by atoms with Gasteiger partial charge in [0.1, 0.15) is 0 Å². The summed E-state index contributed by atoms with van der Waals surface area (Å²) in [5.41, 5.74) is 2.71. The molecule has 0 radical (unpaired) electrons. The largest absolute Gasteiger partial charge is 0.338 e. The van der Waals surface area contributed by atoms with Crippen molar-refractivity contribution in [1.82, 2.24) is 4.90 Å². The molecule has 0 unspecified atom stereocenters. The average Bonchev–Trinajstić information content (AvgIpc) is 3.47. The Labute approximate surface area is 170 Å². The molecule has 2 aromatic rings. The number of piperidine rings is 1. The number of hydrogen-bond acceptors (Lipinski definition) is 3. The van der Waals surface area contributed by atoms with Crippen LogP contribution >= 0.6 is 11.3 Å². The summed E-state index contributed by atoms with van der Waals surface area (Å²) >= 11 is 1.39. The molecule has 1 N–H and O–H groups in total. The molecule has 2 fully saturated rings. The SMILES string of the molecule is Cc1ccc(CCC2CCN(C(=O)c3ccc(NC(=O)C4CC4)s3)CC2)cc1. The summed E-state index contributed by atoms with van der Waals surface area (Å²) in [7, 11) is 0. The summed E-state index contributed by atoms with van der Waals surface area (Å²) in [5.74, 6) is 1.08. The third kappa shape index (κ3) is 4.82. The highest BCUT2D eigenvalue weighted by molar-refractivity contribution is 7.18. The maximum atomic E-state index is 12.8. The number of anilines is 1. The molecule has 1 aliphatic heterocycles. The number of thiophene rings is 1. The van der Waals surface area contributed by atoms with Gasteiger partial charge in [0, 0.05) is 19.0 Å². The smallest absolute Gasteiger partial charge is 0.263 e. The molecule has 148 valence electrons. The highest BCUT2D eigenvalue weighted by Crippen LogP contribution is 2.32. The number of nitrogens with one attached hydrogen (secondary N) is 1. The van der Waals surface area contributed by atoms with Crippen LogP contribution in [0.2, 0.25) is 0 Å². The molecule has 1 aliphatic carbocycles. The third-order valence-corrected chi connectivity index (χ3v) is 6.86. The summed E-state index contributed by atoms with van der Waals surface area (Å²) in [4.78, 5) is 27.4. The number of hydrogen-bond donors (Lipinski definition) is 1. The minimum atomic E-state index is 0.0928. The second-order valence-corrected chi connectivity index (χ2v) is 9.27. The van der Waals surface area contributed by atoms with Crippen LogP contribution in [0.1, 0.15) is 52.9 Å². The Bertz CT molecular complexity index is 831. The third-order valence-electron chi connectivity index (χ3n) is 5.87. The van der Waals surface area contributed by atoms with E-state index in [0.29, 0.717) is 5.92 Å². The van der Waals surface area contributed by atoms with Crippen molar-refractivity contribution in [1.29, 1.82) is 0 Å². The number of amides is 2. The predicted octanol–water partition coefficient (Wildman–Crippen LogP) is 4.89. The quantitative estimate of drug-likeness (QED) is 0.756. The second-order valence-electron chi connectivity index (χ2n) is 8.19. The second kappa shape index (κ2) is 8.48. The van der Waals surface area contributed by atoms with Gasteiger partial charge < -0.3 is 10.2 Å². The van der Waals surface area contributed by atoms with Crippen molar-refractivity contribution in [2.24, 2.45) is 11.8 Å². The molecule has 5 heteroatoms. The molecular formula is C23H28N2O2S. The van der Waals surface area contributed by atoms with E-state index in [-0.39, 0.29) is 17.7 Å². The van der Waals surface area contributed by atoms with Gasteiger partial charge in [-0.05, 0) is 69.1 Å². The maximum absolute atomic E-state index is 12.8. The highest BCUT2D eigenvalue weighted by Gasteiger charge is 2.30. The van der Waals surface area contributed by atoms with E-state index in [1.54, 1.807) is 0 Å². The first-order valence-electron chi connectivity index (χ1n) is 10.3. The van der Waals surface area contributed by atoms with Gasteiger partial charge in [-0.1, -0.05) is 29.8 Å². The van der Waals surface area contributed by atoms with Crippen molar-refractivity contribution in [3.05, 3.63) is 52.4 Å². The number of rotatable bonds is 6. The fourth-order valence-electron chi connectivity index (χ4n) is 3.80. The van der Waals surface area contributed by atoms with Crippen LogP contribution in [0.25, 0.3) is 0 Å². The molecule has 2 amide bonds. The number of aryl methyl sites for hydroxylation is 2. The molecule has 1 aromatic heterocycles. The van der Waals surface area contributed by atoms with Crippen molar-refractivity contribution in [3.8, 4) is 0 Å². The molecular weight excluding hydrogens is 368 g/mol. The van der Waals surface area contributed by atoms with E-state index < -0.39 is 0 Å². The molecule has 2 heterocycles. The number of carbonyl (C=O) groups is 2. The van der Waals surface area contributed by atoms with Gasteiger partial charge in [0.25, 0.3) is 5.91 Å². The average molecular weight is 397 g/mol. The number of likely N-dealkylation sites (tertiary alicyclic amines) is 1. The fraction of sp³-hybridized carbons (Fsp3) is 0.478. The molecule has 1 saturated heterocycles. The zero-order chi connectivity index (χ0) is 19.5. The Balaban J connectivity index is 1.24. The van der Waals surface area contributed by atoms with E-state index in [1.807, 2.05) is 17.0 Å². The van der Waals surface area contributed by atoms with Crippen molar-refractivity contribution >= 4 is 28.2 Å². The minimum Gasteiger partial charge on any atom is -0.338 e. The van der Waals surface area contributed by atoms with Crippen LogP contribution in [-0.2, 0) is 11.2 Å². The Morgan fingerprint density at radius 1 is 1.04 bits per heavy atom. The van der Waals surface area contributed by atoms with E-state index in [0.717, 1.165) is 55.1 Å². The van der Waals surface area contributed by atoms with Gasteiger partial charge in [-0.25, -0.2) is 0 Å². The summed E-state index contributed by atoms with van der Waals surface area (Å²) in [6.45, 7) is 3.78. The monoisotopic (exact) mass is 396 g/mol. The van der Waals surface area contributed by atoms with Gasteiger partial charge >= 0.3 is 0 Å². The van der Waals surface area contributed by atoms with E-state index >= 15 is 0 Å². The van der Waals surface area contributed by atoms with Crippen LogP contribution < -0.4 is 5.32 Å². The van der Waals surface area contributed by atoms with Crippen LogP contribution in [0.15, 0.2) is 36.4 Å². The zero-order valence-corrected chi connectivity index (χ0v) is 17.3. The molecule has 0 atom stereocenters. The lowest BCUT2D eigenvalue weighted by Crippen LogP contribution is -2.38. The van der Waals surface area contributed by atoms with Crippen molar-refractivity contribution in [3.63, 3.8) is 0 Å². The Morgan fingerprint density at radius 3 is 2.43 bits per heavy atom. The Hall–Kier alpha value is -2.14. The van der Waals surface area contributed by atoms with E-state index in [1.165, 1.54) is 28.9 Å². The summed E-state index contributed by atoms with van der Waals surface area (Å²) < 4.78 is 0. The first-order valence-corrected chi connectivity index (χ1v) is 11.2. The number of benzene rings is 1. The Morgan fingerprint density at radius 2 is 1.75 bits per heavy atom. The first-order chi connectivity index (χ1) is 13.6. The van der Waals surface area contributed by atoms with Crippen molar-refractivity contribution in [2.75, 3.05) is 18.4 Å². The van der Waals surface area contributed by atoms with Crippen LogP contribution in [0, 0.1) is 18.8 Å². The number of nitrogens with zero attached hydrogens (tertiary/aromatic N) is 1. The van der Waals surface area contributed by atoms with Gasteiger partial charge in [-0.2, -0.15) is 0 Å². The topological polar surface area (TPSA) is 49.4 Å². The first kappa shape index (κ1) is 19.2. The van der Waals surface area contributed by atoms with Gasteiger partial charge in [0.05, 0.1) is 9.88 Å². The minimum absolute atomic E-state index is 0.0928. The summed E-state index contributed by atoms with van der Waals surface area (Å²) in [6.07, 6.45) is 6.45. The summed E-state index contributed by atoms with van der Waals surface area (Å²) in [6, 6.07) is 12.5. The summed E-state index contributed by atoms with van der Waals surface area (Å²) in [5, 5.41) is 3.72. The van der Waals surface area contributed by atoms with Gasteiger partial charge in [0.15, 0.2) is 0 Å². The van der Waals surface area contributed by atoms with Crippen LogP contribution in [0.5, 0.6) is 0 Å². The van der Waals surface area contributed by atoms with Crippen molar-refractivity contribution in [2.45, 2.75) is 45.4 Å². The lowest BCUT2D eigenvalue weighted by atomic mass is 9.90. The molecule has 0 bridgehead atoms. The van der Waals surface area contributed by atoms with Gasteiger partial charge in [0.2, 0.25) is 5.91 Å². The van der Waals surface area contributed by atoms with Gasteiger partial charge in [-0.15, -0.1) is 11.3 Å². The lowest BCUT2D eigenvalue weighted by Gasteiger charge is -2.31. The van der Waals surface area contributed by atoms with Gasteiger partial charge in [-0.3, -0.25) is 9.59 Å². The maximum Gasteiger partial charge on any atom is 0.263 e. The van der Waals surface area contributed by atoms with Crippen LogP contribution in [0.3, 0.4) is 0 Å². The fourth-order valence-corrected chi connectivity index (χ4v) is 4.67. The number of carbonyl (C=O) groups excluding carboxylic acids is 2. The highest BCUT2D eigenvalue weighted by atomic mass is 32.1. The van der Waals surface area contributed by atoms with E-state index in [2.05, 4.69) is 36.5 Å². The lowest BCUT2D eigenvalue weighted by molar-refractivity contribution is -0.117. The molecule has 4 rings (SSSR count). The van der Waals surface area contributed by atoms with E-state index in [4.69, 9.17) is 0 Å².